The van der Waals surface area contributed by atoms with Gasteiger partial charge >= 0.3 is 0 Å². The van der Waals surface area contributed by atoms with Crippen molar-refractivity contribution in [1.29, 1.82) is 0 Å². The third-order valence-electron chi connectivity index (χ3n) is 4.10. The molecule has 2 N–H and O–H groups in total. The summed E-state index contributed by atoms with van der Waals surface area (Å²) in [5.41, 5.74) is 12.1. The predicted octanol–water partition coefficient (Wildman–Crippen LogP) is 3.23. The number of fused-ring (bicyclic) bond motifs is 1. The molecule has 1 aromatic carbocycles. The Hall–Kier alpha value is -1.13. The first-order valence-corrected chi connectivity index (χ1v) is 8.03. The molecule has 1 aliphatic carbocycles. The molecule has 4 heteroatoms. The van der Waals surface area contributed by atoms with Crippen molar-refractivity contribution in [2.45, 2.75) is 32.1 Å². The second-order valence-corrected chi connectivity index (χ2v) is 6.26. The summed E-state index contributed by atoms with van der Waals surface area (Å²) in [6, 6.07) is 6.78. The topological polar surface area (TPSA) is 43.8 Å². The first-order valence-electron chi connectivity index (χ1n) is 7.24. The Balaban J connectivity index is 2.03. The van der Waals surface area contributed by atoms with E-state index < -0.39 is 0 Å². The SMILES string of the molecule is Cn1nc(-c2ccc3c(c2)CCCC3)c(Br)c1CCN. The smallest absolute Gasteiger partial charge is 0.107 e. The quantitative estimate of drug-likeness (QED) is 0.937. The van der Waals surface area contributed by atoms with Crippen LogP contribution in [-0.4, -0.2) is 16.3 Å². The lowest BCUT2D eigenvalue weighted by Crippen LogP contribution is -2.07. The van der Waals surface area contributed by atoms with Crippen LogP contribution in [0.4, 0.5) is 0 Å². The summed E-state index contributed by atoms with van der Waals surface area (Å²) in [6.07, 6.45) is 5.88. The second kappa shape index (κ2) is 5.70. The number of halogens is 1. The summed E-state index contributed by atoms with van der Waals surface area (Å²) in [7, 11) is 1.98. The van der Waals surface area contributed by atoms with Crippen molar-refractivity contribution in [3.8, 4) is 11.3 Å². The Bertz CT molecular complexity index is 631. The Kier molecular flexibility index (Phi) is 3.94. The monoisotopic (exact) mass is 333 g/mol. The summed E-state index contributed by atoms with van der Waals surface area (Å²) in [5, 5.41) is 4.66. The zero-order valence-electron chi connectivity index (χ0n) is 11.8. The molecule has 0 atom stereocenters. The van der Waals surface area contributed by atoms with Crippen LogP contribution in [0.5, 0.6) is 0 Å². The van der Waals surface area contributed by atoms with Gasteiger partial charge in [0.15, 0.2) is 0 Å². The van der Waals surface area contributed by atoms with Gasteiger partial charge in [-0.15, -0.1) is 0 Å². The third kappa shape index (κ3) is 2.42. The van der Waals surface area contributed by atoms with E-state index in [0.717, 1.165) is 16.6 Å². The van der Waals surface area contributed by atoms with Crippen LogP contribution in [0.25, 0.3) is 11.3 Å². The van der Waals surface area contributed by atoms with Crippen LogP contribution in [0.1, 0.15) is 29.7 Å². The fourth-order valence-electron chi connectivity index (χ4n) is 3.01. The van der Waals surface area contributed by atoms with Crippen molar-refractivity contribution < 1.29 is 0 Å². The molecular weight excluding hydrogens is 314 g/mol. The van der Waals surface area contributed by atoms with Gasteiger partial charge in [-0.25, -0.2) is 0 Å². The average molecular weight is 334 g/mol. The molecule has 1 aromatic heterocycles. The standard InChI is InChI=1S/C16H20BrN3/c1-20-14(8-9-18)15(17)16(19-20)13-7-6-11-4-2-3-5-12(11)10-13/h6-7,10H,2-5,8-9,18H2,1H3. The van der Waals surface area contributed by atoms with E-state index in [-0.39, 0.29) is 0 Å². The zero-order valence-corrected chi connectivity index (χ0v) is 13.4. The van der Waals surface area contributed by atoms with Crippen molar-refractivity contribution in [2.75, 3.05) is 6.54 Å². The number of aryl methyl sites for hydroxylation is 3. The number of nitrogens with zero attached hydrogens (tertiary/aromatic N) is 2. The molecule has 0 saturated carbocycles. The molecule has 0 saturated heterocycles. The summed E-state index contributed by atoms with van der Waals surface area (Å²) < 4.78 is 3.02. The molecule has 1 heterocycles. The Morgan fingerprint density at radius 3 is 2.75 bits per heavy atom. The molecule has 0 spiro atoms. The van der Waals surface area contributed by atoms with Gasteiger partial charge in [-0.3, -0.25) is 4.68 Å². The summed E-state index contributed by atoms with van der Waals surface area (Å²) >= 11 is 3.70. The van der Waals surface area contributed by atoms with Crippen molar-refractivity contribution in [2.24, 2.45) is 12.8 Å². The normalized spacial score (nSPS) is 14.3. The van der Waals surface area contributed by atoms with Gasteiger partial charge in [0.1, 0.15) is 5.69 Å². The van der Waals surface area contributed by atoms with Crippen LogP contribution in [0.3, 0.4) is 0 Å². The van der Waals surface area contributed by atoms with Gasteiger partial charge < -0.3 is 5.73 Å². The molecule has 2 aromatic rings. The molecule has 20 heavy (non-hydrogen) atoms. The number of benzene rings is 1. The zero-order chi connectivity index (χ0) is 14.1. The van der Waals surface area contributed by atoms with Crippen LogP contribution in [-0.2, 0) is 26.3 Å². The minimum Gasteiger partial charge on any atom is -0.330 e. The Labute approximate surface area is 128 Å². The van der Waals surface area contributed by atoms with E-state index in [1.165, 1.54) is 48.1 Å². The fourth-order valence-corrected chi connectivity index (χ4v) is 3.77. The molecule has 3 nitrogen and oxygen atoms in total. The van der Waals surface area contributed by atoms with Gasteiger partial charge in [0.05, 0.1) is 10.2 Å². The van der Waals surface area contributed by atoms with Gasteiger partial charge in [0.2, 0.25) is 0 Å². The highest BCUT2D eigenvalue weighted by atomic mass is 79.9. The molecule has 0 aliphatic heterocycles. The molecular formula is C16H20BrN3. The summed E-state index contributed by atoms with van der Waals surface area (Å²) in [6.45, 7) is 0.641. The van der Waals surface area contributed by atoms with Gasteiger partial charge in [-0.05, 0) is 65.4 Å². The van der Waals surface area contributed by atoms with Gasteiger partial charge in [-0.2, -0.15) is 5.10 Å². The number of nitrogens with two attached hydrogens (primary N) is 1. The summed E-state index contributed by atoms with van der Waals surface area (Å²) in [4.78, 5) is 0. The largest absolute Gasteiger partial charge is 0.330 e. The van der Waals surface area contributed by atoms with E-state index in [1.54, 1.807) is 0 Å². The molecule has 1 aliphatic rings. The van der Waals surface area contributed by atoms with Crippen molar-refractivity contribution in [3.63, 3.8) is 0 Å². The van der Waals surface area contributed by atoms with Crippen LogP contribution in [0.2, 0.25) is 0 Å². The van der Waals surface area contributed by atoms with Crippen LogP contribution < -0.4 is 5.73 Å². The molecule has 0 amide bonds. The highest BCUT2D eigenvalue weighted by Crippen LogP contribution is 2.33. The van der Waals surface area contributed by atoms with Gasteiger partial charge in [0.25, 0.3) is 0 Å². The first-order chi connectivity index (χ1) is 9.70. The Morgan fingerprint density at radius 2 is 2.00 bits per heavy atom. The highest BCUT2D eigenvalue weighted by Gasteiger charge is 2.17. The predicted molar refractivity (Wildman–Crippen MR) is 85.7 cm³/mol. The van der Waals surface area contributed by atoms with Gasteiger partial charge in [0, 0.05) is 19.0 Å². The van der Waals surface area contributed by atoms with Crippen molar-refractivity contribution in [3.05, 3.63) is 39.5 Å². The lowest BCUT2D eigenvalue weighted by Gasteiger charge is -2.16. The number of rotatable bonds is 3. The minimum atomic E-state index is 0.641. The number of hydrogen-bond acceptors (Lipinski definition) is 2. The average Bonchev–Trinajstić information content (AvgIpc) is 2.75. The van der Waals surface area contributed by atoms with E-state index in [9.17, 15) is 0 Å². The van der Waals surface area contributed by atoms with E-state index in [4.69, 9.17) is 5.73 Å². The maximum Gasteiger partial charge on any atom is 0.107 e. The van der Waals surface area contributed by atoms with E-state index in [2.05, 4.69) is 39.2 Å². The minimum absolute atomic E-state index is 0.641. The molecule has 0 radical (unpaired) electrons. The lowest BCUT2D eigenvalue weighted by atomic mass is 9.90. The molecule has 106 valence electrons. The Morgan fingerprint density at radius 1 is 1.25 bits per heavy atom. The van der Waals surface area contributed by atoms with Gasteiger partial charge in [-0.1, -0.05) is 12.1 Å². The summed E-state index contributed by atoms with van der Waals surface area (Å²) in [5.74, 6) is 0. The fraction of sp³-hybridized carbons (Fsp3) is 0.438. The van der Waals surface area contributed by atoms with E-state index in [0.29, 0.717) is 6.54 Å². The van der Waals surface area contributed by atoms with E-state index >= 15 is 0 Å². The third-order valence-corrected chi connectivity index (χ3v) is 4.94. The van der Waals surface area contributed by atoms with Crippen molar-refractivity contribution in [1.82, 2.24) is 9.78 Å². The van der Waals surface area contributed by atoms with Crippen LogP contribution in [0, 0.1) is 0 Å². The second-order valence-electron chi connectivity index (χ2n) is 5.46. The number of aromatic nitrogens is 2. The molecule has 0 bridgehead atoms. The van der Waals surface area contributed by atoms with Crippen molar-refractivity contribution >= 4 is 15.9 Å². The first kappa shape index (κ1) is 13.8. The van der Waals surface area contributed by atoms with E-state index in [1.807, 2.05) is 11.7 Å². The molecule has 0 fully saturated rings. The maximum absolute atomic E-state index is 5.68. The number of hydrogen-bond donors (Lipinski definition) is 1. The maximum atomic E-state index is 5.68. The van der Waals surface area contributed by atoms with Crippen LogP contribution >= 0.6 is 15.9 Å². The highest BCUT2D eigenvalue weighted by molar-refractivity contribution is 9.10. The lowest BCUT2D eigenvalue weighted by molar-refractivity contribution is 0.685. The van der Waals surface area contributed by atoms with Crippen LogP contribution in [0.15, 0.2) is 22.7 Å². The molecule has 0 unspecified atom stereocenters. The molecule has 3 rings (SSSR count).